The summed E-state index contributed by atoms with van der Waals surface area (Å²) in [5.74, 6) is 0.0800. The molecule has 16 heavy (non-hydrogen) atoms. The van der Waals surface area contributed by atoms with Gasteiger partial charge in [-0.05, 0) is 41.3 Å². The summed E-state index contributed by atoms with van der Waals surface area (Å²) in [6.07, 6.45) is 0.974. The van der Waals surface area contributed by atoms with Crippen LogP contribution in [0.4, 0.5) is 0 Å². The second-order valence-corrected chi connectivity index (χ2v) is 5.10. The van der Waals surface area contributed by atoms with Gasteiger partial charge in [0.15, 0.2) is 0 Å². The minimum Gasteiger partial charge on any atom is -0.355 e. The topological polar surface area (TPSA) is 44.4 Å². The highest BCUT2D eigenvalue weighted by molar-refractivity contribution is 5.81. The maximum Gasteiger partial charge on any atom is 0.236 e. The van der Waals surface area contributed by atoms with E-state index in [0.29, 0.717) is 0 Å². The first-order valence-electron chi connectivity index (χ1n) is 5.99. The zero-order valence-corrected chi connectivity index (χ0v) is 11.6. The van der Waals surface area contributed by atoms with Crippen molar-refractivity contribution >= 4 is 5.91 Å². The van der Waals surface area contributed by atoms with E-state index in [2.05, 4.69) is 29.4 Å². The van der Waals surface area contributed by atoms with E-state index >= 15 is 0 Å². The lowest BCUT2D eigenvalue weighted by Gasteiger charge is -2.33. The summed E-state index contributed by atoms with van der Waals surface area (Å²) in [5.41, 5.74) is 0.0549. The molecule has 0 aliphatic heterocycles. The van der Waals surface area contributed by atoms with Crippen LogP contribution in [0.1, 0.15) is 34.1 Å². The highest BCUT2D eigenvalue weighted by Gasteiger charge is 2.22. The summed E-state index contributed by atoms with van der Waals surface area (Å²) in [6.45, 7) is 9.79. The quantitative estimate of drug-likeness (QED) is 0.680. The molecule has 0 bridgehead atoms. The second-order valence-electron chi connectivity index (χ2n) is 5.10. The molecule has 0 radical (unpaired) electrons. The molecular formula is C12H27N3O. The first kappa shape index (κ1) is 15.4. The Kier molecular flexibility index (Phi) is 6.60. The van der Waals surface area contributed by atoms with Gasteiger partial charge in [0.1, 0.15) is 0 Å². The Balaban J connectivity index is 3.97. The molecule has 0 aromatic rings. The average Bonchev–Trinajstić information content (AvgIpc) is 2.22. The van der Waals surface area contributed by atoms with Crippen molar-refractivity contribution in [3.8, 4) is 0 Å². The molecule has 0 aromatic heterocycles. The van der Waals surface area contributed by atoms with Gasteiger partial charge in [-0.15, -0.1) is 0 Å². The molecule has 0 spiro atoms. The molecule has 96 valence electrons. The lowest BCUT2D eigenvalue weighted by Crippen LogP contribution is -2.52. The number of hydrogen-bond donors (Lipinski definition) is 2. The summed E-state index contributed by atoms with van der Waals surface area (Å²) < 4.78 is 0. The SMILES string of the molecule is CCCNC(=O)C(C)NCC(C)(C)N(C)C. The minimum absolute atomic E-state index is 0.0549. The van der Waals surface area contributed by atoms with Gasteiger partial charge >= 0.3 is 0 Å². The third kappa shape index (κ3) is 5.47. The van der Waals surface area contributed by atoms with Crippen molar-refractivity contribution < 1.29 is 4.79 Å². The van der Waals surface area contributed by atoms with Crippen LogP contribution in [0.3, 0.4) is 0 Å². The predicted octanol–water partition coefficient (Wildman–Crippen LogP) is 0.831. The lowest BCUT2D eigenvalue weighted by atomic mass is 10.0. The molecule has 0 aliphatic rings. The lowest BCUT2D eigenvalue weighted by molar-refractivity contribution is -0.122. The van der Waals surface area contributed by atoms with Gasteiger partial charge in [0.05, 0.1) is 6.04 Å². The van der Waals surface area contributed by atoms with Crippen LogP contribution in [-0.4, -0.2) is 49.6 Å². The Hall–Kier alpha value is -0.610. The van der Waals surface area contributed by atoms with Gasteiger partial charge in [0.2, 0.25) is 5.91 Å². The summed E-state index contributed by atoms with van der Waals surface area (Å²) in [5, 5.41) is 6.14. The molecule has 0 aliphatic carbocycles. The van der Waals surface area contributed by atoms with Crippen molar-refractivity contribution in [1.29, 1.82) is 0 Å². The number of hydrogen-bond acceptors (Lipinski definition) is 3. The van der Waals surface area contributed by atoms with E-state index in [9.17, 15) is 4.79 Å². The van der Waals surface area contributed by atoms with E-state index in [0.717, 1.165) is 19.5 Å². The molecule has 4 heteroatoms. The molecular weight excluding hydrogens is 202 g/mol. The fourth-order valence-corrected chi connectivity index (χ4v) is 1.05. The Bertz CT molecular complexity index is 214. The summed E-state index contributed by atoms with van der Waals surface area (Å²) in [7, 11) is 4.09. The van der Waals surface area contributed by atoms with Crippen LogP contribution in [0.5, 0.6) is 0 Å². The van der Waals surface area contributed by atoms with Crippen molar-refractivity contribution in [1.82, 2.24) is 15.5 Å². The molecule has 2 N–H and O–H groups in total. The maximum atomic E-state index is 11.6. The predicted molar refractivity (Wildman–Crippen MR) is 68.5 cm³/mol. The van der Waals surface area contributed by atoms with Gasteiger partial charge in [0, 0.05) is 18.6 Å². The standard InChI is InChI=1S/C12H27N3O/c1-7-8-13-11(16)10(2)14-9-12(3,4)15(5)6/h10,14H,7-9H2,1-6H3,(H,13,16). The highest BCUT2D eigenvalue weighted by Crippen LogP contribution is 2.07. The van der Waals surface area contributed by atoms with Crippen LogP contribution in [-0.2, 0) is 4.79 Å². The van der Waals surface area contributed by atoms with Gasteiger partial charge in [-0.1, -0.05) is 6.92 Å². The average molecular weight is 229 g/mol. The molecule has 1 atom stereocenters. The van der Waals surface area contributed by atoms with Crippen molar-refractivity contribution in [2.75, 3.05) is 27.2 Å². The molecule has 0 saturated carbocycles. The molecule has 0 fully saturated rings. The maximum absolute atomic E-state index is 11.6. The van der Waals surface area contributed by atoms with Gasteiger partial charge < -0.3 is 15.5 Å². The molecule has 4 nitrogen and oxygen atoms in total. The minimum atomic E-state index is -0.134. The number of carbonyl (C=O) groups excluding carboxylic acids is 1. The summed E-state index contributed by atoms with van der Waals surface area (Å²) >= 11 is 0. The van der Waals surface area contributed by atoms with Gasteiger partial charge in [-0.2, -0.15) is 0 Å². The van der Waals surface area contributed by atoms with Crippen LogP contribution in [0.2, 0.25) is 0 Å². The smallest absolute Gasteiger partial charge is 0.236 e. The molecule has 0 heterocycles. The van der Waals surface area contributed by atoms with Crippen LogP contribution in [0.15, 0.2) is 0 Å². The molecule has 0 aromatic carbocycles. The van der Waals surface area contributed by atoms with Crippen molar-refractivity contribution in [3.63, 3.8) is 0 Å². The van der Waals surface area contributed by atoms with Crippen LogP contribution >= 0.6 is 0 Å². The van der Waals surface area contributed by atoms with E-state index < -0.39 is 0 Å². The third-order valence-corrected chi connectivity index (χ3v) is 2.99. The van der Waals surface area contributed by atoms with Gasteiger partial charge in [0.25, 0.3) is 0 Å². The number of rotatable bonds is 7. The third-order valence-electron chi connectivity index (χ3n) is 2.99. The number of nitrogens with zero attached hydrogens (tertiary/aromatic N) is 1. The zero-order chi connectivity index (χ0) is 12.8. The van der Waals surface area contributed by atoms with Crippen molar-refractivity contribution in [2.24, 2.45) is 0 Å². The van der Waals surface area contributed by atoms with E-state index in [1.54, 1.807) is 0 Å². The van der Waals surface area contributed by atoms with Crippen LogP contribution < -0.4 is 10.6 Å². The summed E-state index contributed by atoms with van der Waals surface area (Å²) in [4.78, 5) is 13.8. The Morgan fingerprint density at radius 2 is 1.94 bits per heavy atom. The second kappa shape index (κ2) is 6.86. The monoisotopic (exact) mass is 229 g/mol. The van der Waals surface area contributed by atoms with E-state index in [-0.39, 0.29) is 17.5 Å². The summed E-state index contributed by atoms with van der Waals surface area (Å²) in [6, 6.07) is -0.134. The van der Waals surface area contributed by atoms with Crippen molar-refractivity contribution in [3.05, 3.63) is 0 Å². The van der Waals surface area contributed by atoms with E-state index in [4.69, 9.17) is 0 Å². The molecule has 1 unspecified atom stereocenters. The first-order chi connectivity index (χ1) is 7.31. The normalized spacial score (nSPS) is 13.9. The molecule has 1 amide bonds. The fourth-order valence-electron chi connectivity index (χ4n) is 1.05. The molecule has 0 saturated heterocycles. The number of likely N-dealkylation sites (N-methyl/N-ethyl adjacent to an activating group) is 1. The Morgan fingerprint density at radius 3 is 2.38 bits per heavy atom. The number of amides is 1. The van der Waals surface area contributed by atoms with Crippen LogP contribution in [0, 0.1) is 0 Å². The Labute approximate surface area is 99.8 Å². The highest BCUT2D eigenvalue weighted by atomic mass is 16.2. The number of nitrogens with one attached hydrogen (secondary N) is 2. The number of carbonyl (C=O) groups is 1. The largest absolute Gasteiger partial charge is 0.355 e. The van der Waals surface area contributed by atoms with Gasteiger partial charge in [-0.25, -0.2) is 0 Å². The molecule has 0 rings (SSSR count). The van der Waals surface area contributed by atoms with Crippen molar-refractivity contribution in [2.45, 2.75) is 45.7 Å². The van der Waals surface area contributed by atoms with E-state index in [1.807, 2.05) is 27.9 Å². The van der Waals surface area contributed by atoms with Crippen LogP contribution in [0.25, 0.3) is 0 Å². The van der Waals surface area contributed by atoms with E-state index in [1.165, 1.54) is 0 Å². The first-order valence-corrected chi connectivity index (χ1v) is 5.99. The zero-order valence-electron chi connectivity index (χ0n) is 11.6. The van der Waals surface area contributed by atoms with Gasteiger partial charge in [-0.3, -0.25) is 4.79 Å². The Morgan fingerprint density at radius 1 is 1.38 bits per heavy atom. The fraction of sp³-hybridized carbons (Fsp3) is 0.917.